The standard InChI is InChI=1S/C13H15N7OS/c14-19-15-8-11(21)20-5-3-9(4-6-20)12-16-13(18-17-12)10-2-1-7-22-10/h1-2,7,9H,3-6,8H2,(H,16,17,18). The predicted molar refractivity (Wildman–Crippen MR) is 82.3 cm³/mol. The normalized spacial score (nSPS) is 15.5. The number of carbonyl (C=O) groups is 1. The van der Waals surface area contributed by atoms with E-state index in [1.54, 1.807) is 16.2 Å². The van der Waals surface area contributed by atoms with Crippen molar-refractivity contribution in [1.82, 2.24) is 20.1 Å². The van der Waals surface area contributed by atoms with Crippen LogP contribution in [0.3, 0.4) is 0 Å². The fourth-order valence-corrected chi connectivity index (χ4v) is 3.24. The predicted octanol–water partition coefficient (Wildman–Crippen LogP) is 2.55. The summed E-state index contributed by atoms with van der Waals surface area (Å²) in [6.07, 6.45) is 1.67. The van der Waals surface area contributed by atoms with Gasteiger partial charge in [0.05, 0.1) is 4.88 Å². The van der Waals surface area contributed by atoms with Gasteiger partial charge in [0.15, 0.2) is 5.82 Å². The third-order valence-corrected chi connectivity index (χ3v) is 4.64. The van der Waals surface area contributed by atoms with E-state index in [1.807, 2.05) is 17.5 Å². The third kappa shape index (κ3) is 3.10. The highest BCUT2D eigenvalue weighted by atomic mass is 32.1. The second-order valence-corrected chi connectivity index (χ2v) is 6.03. The van der Waals surface area contributed by atoms with Gasteiger partial charge in [-0.05, 0) is 29.8 Å². The van der Waals surface area contributed by atoms with E-state index >= 15 is 0 Å². The van der Waals surface area contributed by atoms with Crippen LogP contribution < -0.4 is 0 Å². The van der Waals surface area contributed by atoms with Gasteiger partial charge in [-0.3, -0.25) is 4.79 Å². The summed E-state index contributed by atoms with van der Waals surface area (Å²) >= 11 is 1.62. The van der Waals surface area contributed by atoms with Crippen LogP contribution in [0.2, 0.25) is 0 Å². The molecule has 3 heterocycles. The fourth-order valence-electron chi connectivity index (χ4n) is 2.58. The monoisotopic (exact) mass is 317 g/mol. The number of nitrogens with zero attached hydrogens (tertiary/aromatic N) is 6. The summed E-state index contributed by atoms with van der Waals surface area (Å²) in [5, 5.41) is 13.8. The Morgan fingerprint density at radius 1 is 1.50 bits per heavy atom. The Kier molecular flexibility index (Phi) is 4.36. The fraction of sp³-hybridized carbons (Fsp3) is 0.462. The number of H-pyrrole nitrogens is 1. The molecule has 3 rings (SSSR count). The smallest absolute Gasteiger partial charge is 0.228 e. The van der Waals surface area contributed by atoms with Crippen molar-refractivity contribution in [3.05, 3.63) is 33.8 Å². The molecule has 9 heteroatoms. The summed E-state index contributed by atoms with van der Waals surface area (Å²) in [7, 11) is 0. The lowest BCUT2D eigenvalue weighted by Gasteiger charge is -2.30. The average molecular weight is 317 g/mol. The van der Waals surface area contributed by atoms with Gasteiger partial charge in [0, 0.05) is 23.9 Å². The molecule has 22 heavy (non-hydrogen) atoms. The van der Waals surface area contributed by atoms with Gasteiger partial charge in [0.25, 0.3) is 0 Å². The molecule has 2 aromatic rings. The van der Waals surface area contributed by atoms with Crippen LogP contribution >= 0.6 is 11.3 Å². The Morgan fingerprint density at radius 2 is 2.32 bits per heavy atom. The van der Waals surface area contributed by atoms with Crippen LogP contribution in [0.25, 0.3) is 21.1 Å². The topological polar surface area (TPSA) is 111 Å². The number of aromatic nitrogens is 3. The second kappa shape index (κ2) is 6.59. The molecule has 1 aliphatic rings. The molecule has 2 aromatic heterocycles. The molecule has 1 N–H and O–H groups in total. The molecule has 0 spiro atoms. The van der Waals surface area contributed by atoms with Gasteiger partial charge in [-0.1, -0.05) is 11.2 Å². The van der Waals surface area contributed by atoms with E-state index in [-0.39, 0.29) is 18.4 Å². The molecule has 114 valence electrons. The highest BCUT2D eigenvalue weighted by Crippen LogP contribution is 2.28. The third-order valence-electron chi connectivity index (χ3n) is 3.76. The first-order valence-electron chi connectivity index (χ1n) is 7.03. The Labute approximate surface area is 130 Å². The minimum atomic E-state index is -0.118. The molecule has 0 bridgehead atoms. The van der Waals surface area contributed by atoms with Gasteiger partial charge in [0.2, 0.25) is 5.91 Å². The number of azide groups is 1. The van der Waals surface area contributed by atoms with Crippen LogP contribution in [0.1, 0.15) is 24.6 Å². The van der Waals surface area contributed by atoms with E-state index in [0.29, 0.717) is 13.1 Å². The van der Waals surface area contributed by atoms with Gasteiger partial charge in [-0.25, -0.2) is 0 Å². The minimum Gasteiger partial charge on any atom is -0.343 e. The summed E-state index contributed by atoms with van der Waals surface area (Å²) in [4.78, 5) is 20.5. The van der Waals surface area contributed by atoms with Crippen molar-refractivity contribution in [3.63, 3.8) is 0 Å². The number of rotatable bonds is 4. The molecule has 0 radical (unpaired) electrons. The molecule has 0 unspecified atom stereocenters. The van der Waals surface area contributed by atoms with Crippen molar-refractivity contribution in [2.75, 3.05) is 19.6 Å². The molecular formula is C13H15N7OS. The molecule has 8 nitrogen and oxygen atoms in total. The van der Waals surface area contributed by atoms with Crippen molar-refractivity contribution in [3.8, 4) is 10.7 Å². The molecule has 0 saturated carbocycles. The highest BCUT2D eigenvalue weighted by Gasteiger charge is 2.25. The first kappa shape index (κ1) is 14.6. The van der Waals surface area contributed by atoms with Crippen LogP contribution in [0.4, 0.5) is 0 Å². The van der Waals surface area contributed by atoms with E-state index in [1.165, 1.54) is 0 Å². The Bertz CT molecular complexity index is 681. The average Bonchev–Trinajstić information content (AvgIpc) is 3.23. The van der Waals surface area contributed by atoms with E-state index in [0.717, 1.165) is 29.4 Å². The maximum atomic E-state index is 11.8. The van der Waals surface area contributed by atoms with E-state index < -0.39 is 0 Å². The molecule has 0 aliphatic carbocycles. The van der Waals surface area contributed by atoms with E-state index in [2.05, 4.69) is 25.2 Å². The van der Waals surface area contributed by atoms with Crippen LogP contribution in [-0.4, -0.2) is 45.6 Å². The van der Waals surface area contributed by atoms with Gasteiger partial charge in [0.1, 0.15) is 12.4 Å². The summed E-state index contributed by atoms with van der Waals surface area (Å²) in [5.41, 5.74) is 8.25. The van der Waals surface area contributed by atoms with Crippen molar-refractivity contribution >= 4 is 17.2 Å². The number of hydrogen-bond acceptors (Lipinski definition) is 5. The van der Waals surface area contributed by atoms with Gasteiger partial charge in [-0.2, -0.15) is 0 Å². The van der Waals surface area contributed by atoms with Crippen LogP contribution in [-0.2, 0) is 4.79 Å². The maximum absolute atomic E-state index is 11.8. The summed E-state index contributed by atoms with van der Waals surface area (Å²) < 4.78 is 0. The number of piperidine rings is 1. The van der Waals surface area contributed by atoms with Crippen molar-refractivity contribution in [2.24, 2.45) is 5.11 Å². The van der Waals surface area contributed by atoms with Gasteiger partial charge >= 0.3 is 0 Å². The quantitative estimate of drug-likeness (QED) is 0.531. The minimum absolute atomic E-state index is 0.105. The van der Waals surface area contributed by atoms with Crippen molar-refractivity contribution < 1.29 is 4.79 Å². The molecular weight excluding hydrogens is 302 g/mol. The first-order chi connectivity index (χ1) is 10.8. The van der Waals surface area contributed by atoms with Crippen LogP contribution in [0.5, 0.6) is 0 Å². The zero-order valence-electron chi connectivity index (χ0n) is 11.8. The van der Waals surface area contributed by atoms with Crippen LogP contribution in [0, 0.1) is 0 Å². The number of likely N-dealkylation sites (tertiary alicyclic amines) is 1. The first-order valence-corrected chi connectivity index (χ1v) is 7.91. The van der Waals surface area contributed by atoms with Gasteiger partial charge in [-0.15, -0.1) is 21.5 Å². The highest BCUT2D eigenvalue weighted by molar-refractivity contribution is 7.13. The summed E-state index contributed by atoms with van der Waals surface area (Å²) in [5.74, 6) is 1.84. The number of hydrogen-bond donors (Lipinski definition) is 1. The van der Waals surface area contributed by atoms with Crippen molar-refractivity contribution in [2.45, 2.75) is 18.8 Å². The lowest BCUT2D eigenvalue weighted by molar-refractivity contribution is -0.130. The van der Waals surface area contributed by atoms with E-state index in [4.69, 9.17) is 5.53 Å². The zero-order chi connectivity index (χ0) is 15.4. The summed E-state index contributed by atoms with van der Waals surface area (Å²) in [6.45, 7) is 1.20. The number of carbonyl (C=O) groups excluding carboxylic acids is 1. The zero-order valence-corrected chi connectivity index (χ0v) is 12.7. The number of nitrogens with one attached hydrogen (secondary N) is 1. The number of amides is 1. The SMILES string of the molecule is [N-]=[N+]=NCC(=O)N1CCC(c2nnc(-c3cccs3)[nH]2)CC1. The molecule has 0 aromatic carbocycles. The largest absolute Gasteiger partial charge is 0.343 e. The number of thiophene rings is 1. The van der Waals surface area contributed by atoms with E-state index in [9.17, 15) is 4.79 Å². The molecule has 1 aliphatic heterocycles. The van der Waals surface area contributed by atoms with Crippen LogP contribution in [0.15, 0.2) is 22.6 Å². The molecule has 1 amide bonds. The Morgan fingerprint density at radius 3 is 3.00 bits per heavy atom. The molecule has 0 atom stereocenters. The maximum Gasteiger partial charge on any atom is 0.228 e. The molecule has 1 saturated heterocycles. The van der Waals surface area contributed by atoms with Gasteiger partial charge < -0.3 is 9.88 Å². The Hall–Kier alpha value is -2.38. The Balaban J connectivity index is 1.60. The lowest BCUT2D eigenvalue weighted by atomic mass is 9.96. The van der Waals surface area contributed by atoms with Crippen molar-refractivity contribution in [1.29, 1.82) is 0 Å². The summed E-state index contributed by atoms with van der Waals surface area (Å²) in [6, 6.07) is 3.99. The number of aromatic amines is 1. The molecule has 1 fully saturated rings. The second-order valence-electron chi connectivity index (χ2n) is 5.08. The lowest BCUT2D eigenvalue weighted by Crippen LogP contribution is -2.39.